The fourth-order valence-corrected chi connectivity index (χ4v) is 2.71. The molecule has 0 aromatic heterocycles. The van der Waals surface area contributed by atoms with Gasteiger partial charge in [-0.3, -0.25) is 9.52 Å². The maximum absolute atomic E-state index is 12.7. The van der Waals surface area contributed by atoms with Gasteiger partial charge < -0.3 is 10.6 Å². The smallest absolute Gasteiger partial charge is 0.376 e. The largest absolute Gasteiger partial charge is 0.416 e. The van der Waals surface area contributed by atoms with Crippen molar-refractivity contribution in [2.24, 2.45) is 0 Å². The molecule has 10 heteroatoms. The number of carbonyl (C=O) groups is 1. The summed E-state index contributed by atoms with van der Waals surface area (Å²) in [6.07, 6.45) is -4.46. The van der Waals surface area contributed by atoms with Crippen LogP contribution in [0.4, 0.5) is 30.2 Å². The Kier molecular flexibility index (Phi) is 6.32. The number of sulfonamides is 1. The van der Waals surface area contributed by atoms with Crippen LogP contribution in [-0.4, -0.2) is 26.6 Å². The number of carbonyl (C=O) groups excluding carboxylic acids is 1. The zero-order valence-corrected chi connectivity index (χ0v) is 15.1. The minimum absolute atomic E-state index is 0.0628. The van der Waals surface area contributed by atoms with E-state index in [1.165, 1.54) is 43.3 Å². The fourth-order valence-electron chi connectivity index (χ4n) is 2.07. The Balaban J connectivity index is 1.91. The lowest BCUT2D eigenvalue weighted by Gasteiger charge is -2.11. The Hall–Kier alpha value is -2.75. The van der Waals surface area contributed by atoms with E-state index in [0.717, 1.165) is 12.1 Å². The predicted molar refractivity (Wildman–Crippen MR) is 98.1 cm³/mol. The van der Waals surface area contributed by atoms with Gasteiger partial charge in [-0.1, -0.05) is 6.07 Å². The van der Waals surface area contributed by atoms with Gasteiger partial charge in [-0.25, -0.2) is 8.42 Å². The van der Waals surface area contributed by atoms with Crippen LogP contribution in [0.3, 0.4) is 0 Å². The summed E-state index contributed by atoms with van der Waals surface area (Å²) in [5.41, 5.74) is 0.143. The average molecular weight is 401 g/mol. The lowest BCUT2D eigenvalue weighted by Crippen LogP contribution is -2.22. The second-order valence-corrected chi connectivity index (χ2v) is 7.57. The normalized spacial score (nSPS) is 11.7. The van der Waals surface area contributed by atoms with Gasteiger partial charge in [0.05, 0.1) is 17.9 Å². The number of alkyl halides is 3. The van der Waals surface area contributed by atoms with Crippen molar-refractivity contribution in [2.75, 3.05) is 27.7 Å². The first-order chi connectivity index (χ1) is 12.6. The summed E-state index contributed by atoms with van der Waals surface area (Å²) >= 11 is 0. The number of hydrogen-bond donors (Lipinski definition) is 3. The average Bonchev–Trinajstić information content (AvgIpc) is 2.61. The van der Waals surface area contributed by atoms with Gasteiger partial charge in [0, 0.05) is 17.1 Å². The Morgan fingerprint density at radius 1 is 1.00 bits per heavy atom. The summed E-state index contributed by atoms with van der Waals surface area (Å²) in [5.74, 6) is -0.526. The summed E-state index contributed by atoms with van der Waals surface area (Å²) < 4.78 is 63.3. The SMILES string of the molecule is CCS(=O)(=O)Nc1ccc(NC(=O)CNc2cccc(C(F)(F)F)c2)cc1. The van der Waals surface area contributed by atoms with Crippen molar-refractivity contribution in [2.45, 2.75) is 13.1 Å². The number of benzene rings is 2. The van der Waals surface area contributed by atoms with Crippen molar-refractivity contribution in [1.29, 1.82) is 0 Å². The third-order valence-corrected chi connectivity index (χ3v) is 4.77. The van der Waals surface area contributed by atoms with Crippen molar-refractivity contribution < 1.29 is 26.4 Å². The molecule has 0 fully saturated rings. The maximum atomic E-state index is 12.7. The van der Waals surface area contributed by atoms with Gasteiger partial charge in [-0.05, 0) is 49.4 Å². The van der Waals surface area contributed by atoms with Crippen LogP contribution in [0.5, 0.6) is 0 Å². The fraction of sp³-hybridized carbons (Fsp3) is 0.235. The number of hydrogen-bond acceptors (Lipinski definition) is 4. The first-order valence-electron chi connectivity index (χ1n) is 7.90. The first-order valence-corrected chi connectivity index (χ1v) is 9.56. The molecule has 2 aromatic carbocycles. The quantitative estimate of drug-likeness (QED) is 0.663. The number of amides is 1. The van der Waals surface area contributed by atoms with Crippen LogP contribution in [0.25, 0.3) is 0 Å². The van der Waals surface area contributed by atoms with E-state index in [-0.39, 0.29) is 18.0 Å². The highest BCUT2D eigenvalue weighted by Crippen LogP contribution is 2.30. The van der Waals surface area contributed by atoms with Crippen LogP contribution < -0.4 is 15.4 Å². The molecule has 0 atom stereocenters. The Morgan fingerprint density at radius 3 is 2.22 bits per heavy atom. The van der Waals surface area contributed by atoms with E-state index >= 15 is 0 Å². The van der Waals surface area contributed by atoms with Crippen LogP contribution >= 0.6 is 0 Å². The number of rotatable bonds is 7. The lowest BCUT2D eigenvalue weighted by molar-refractivity contribution is -0.137. The Labute approximate surface area is 154 Å². The topological polar surface area (TPSA) is 87.3 Å². The molecule has 0 heterocycles. The lowest BCUT2D eigenvalue weighted by atomic mass is 10.2. The van der Waals surface area contributed by atoms with Crippen molar-refractivity contribution in [3.63, 3.8) is 0 Å². The summed E-state index contributed by atoms with van der Waals surface area (Å²) in [4.78, 5) is 11.9. The molecule has 27 heavy (non-hydrogen) atoms. The van der Waals surface area contributed by atoms with Gasteiger partial charge in [0.25, 0.3) is 0 Å². The zero-order valence-electron chi connectivity index (χ0n) is 14.3. The molecule has 146 valence electrons. The molecule has 0 aliphatic heterocycles. The molecule has 3 N–H and O–H groups in total. The Morgan fingerprint density at radius 2 is 1.63 bits per heavy atom. The molecule has 0 radical (unpaired) electrons. The summed E-state index contributed by atoms with van der Waals surface area (Å²) in [6, 6.07) is 10.5. The van der Waals surface area contributed by atoms with Crippen LogP contribution in [0.15, 0.2) is 48.5 Å². The summed E-state index contributed by atoms with van der Waals surface area (Å²) in [5, 5.41) is 5.18. The molecule has 0 saturated carbocycles. The van der Waals surface area contributed by atoms with Gasteiger partial charge in [0.15, 0.2) is 0 Å². The van der Waals surface area contributed by atoms with Crippen molar-refractivity contribution in [1.82, 2.24) is 0 Å². The predicted octanol–water partition coefficient (Wildman–Crippen LogP) is 3.52. The minimum atomic E-state index is -4.46. The molecule has 0 saturated heterocycles. The van der Waals surface area contributed by atoms with Gasteiger partial charge >= 0.3 is 6.18 Å². The molecular formula is C17H18F3N3O3S. The molecular weight excluding hydrogens is 383 g/mol. The number of nitrogens with one attached hydrogen (secondary N) is 3. The van der Waals surface area contributed by atoms with E-state index in [9.17, 15) is 26.4 Å². The van der Waals surface area contributed by atoms with Crippen LogP contribution in [-0.2, 0) is 21.0 Å². The molecule has 1 amide bonds. The molecule has 0 aliphatic carbocycles. The van der Waals surface area contributed by atoms with Gasteiger partial charge in [0.1, 0.15) is 0 Å². The molecule has 2 aromatic rings. The highest BCUT2D eigenvalue weighted by molar-refractivity contribution is 7.92. The van der Waals surface area contributed by atoms with Crippen LogP contribution in [0.1, 0.15) is 12.5 Å². The van der Waals surface area contributed by atoms with Crippen molar-refractivity contribution in [3.8, 4) is 0 Å². The van der Waals surface area contributed by atoms with Crippen LogP contribution in [0.2, 0.25) is 0 Å². The molecule has 0 bridgehead atoms. The van der Waals surface area contributed by atoms with E-state index in [1.807, 2.05) is 0 Å². The summed E-state index contributed by atoms with van der Waals surface area (Å²) in [6.45, 7) is 1.28. The second-order valence-electron chi connectivity index (χ2n) is 5.56. The third-order valence-electron chi connectivity index (χ3n) is 3.47. The van der Waals surface area contributed by atoms with Crippen LogP contribution in [0, 0.1) is 0 Å². The third kappa shape index (κ3) is 6.48. The van der Waals surface area contributed by atoms with E-state index in [1.54, 1.807) is 0 Å². The molecule has 6 nitrogen and oxygen atoms in total. The highest BCUT2D eigenvalue weighted by Gasteiger charge is 2.30. The molecule has 2 rings (SSSR count). The van der Waals surface area contributed by atoms with Gasteiger partial charge in [-0.15, -0.1) is 0 Å². The van der Waals surface area contributed by atoms with Gasteiger partial charge in [0.2, 0.25) is 15.9 Å². The molecule has 0 spiro atoms. The minimum Gasteiger partial charge on any atom is -0.376 e. The summed E-state index contributed by atoms with van der Waals surface area (Å²) in [7, 11) is -3.39. The van der Waals surface area contributed by atoms with E-state index in [0.29, 0.717) is 11.4 Å². The zero-order chi connectivity index (χ0) is 20.1. The first kappa shape index (κ1) is 20.6. The molecule has 0 unspecified atom stereocenters. The maximum Gasteiger partial charge on any atom is 0.416 e. The van der Waals surface area contributed by atoms with E-state index in [4.69, 9.17) is 0 Å². The highest BCUT2D eigenvalue weighted by atomic mass is 32.2. The number of halogens is 3. The molecule has 0 aliphatic rings. The van der Waals surface area contributed by atoms with E-state index in [2.05, 4.69) is 15.4 Å². The van der Waals surface area contributed by atoms with Crippen molar-refractivity contribution in [3.05, 3.63) is 54.1 Å². The number of anilines is 3. The standard InChI is InChI=1S/C17H18F3N3O3S/c1-2-27(25,26)23-14-8-6-13(7-9-14)22-16(24)11-21-15-5-3-4-12(10-15)17(18,19)20/h3-10,21,23H,2,11H2,1H3,(H,22,24). The van der Waals surface area contributed by atoms with Gasteiger partial charge in [-0.2, -0.15) is 13.2 Å². The Bertz CT molecular complexity index is 898. The van der Waals surface area contributed by atoms with E-state index < -0.39 is 27.7 Å². The second kappa shape index (κ2) is 8.30. The monoisotopic (exact) mass is 401 g/mol. The van der Waals surface area contributed by atoms with Crippen molar-refractivity contribution >= 4 is 33.0 Å².